The highest BCUT2D eigenvalue weighted by Crippen LogP contribution is 2.29. The Morgan fingerprint density at radius 1 is 1.18 bits per heavy atom. The van der Waals surface area contributed by atoms with E-state index in [9.17, 15) is 9.59 Å². The molecule has 5 rings (SSSR count). The summed E-state index contributed by atoms with van der Waals surface area (Å²) in [4.78, 5) is 30.1. The number of amides is 2. The number of rotatable bonds is 7. The van der Waals surface area contributed by atoms with Crippen molar-refractivity contribution in [3.8, 4) is 16.3 Å². The van der Waals surface area contributed by atoms with Gasteiger partial charge in [0.05, 0.1) is 29.3 Å². The number of benzene rings is 1. The molecule has 1 aliphatic heterocycles. The van der Waals surface area contributed by atoms with Gasteiger partial charge in [-0.3, -0.25) is 9.59 Å². The second kappa shape index (κ2) is 9.07. The molecule has 3 aromatic heterocycles. The fourth-order valence-electron chi connectivity index (χ4n) is 4.19. The first-order valence-electron chi connectivity index (χ1n) is 10.8. The fourth-order valence-corrected chi connectivity index (χ4v) is 4.93. The van der Waals surface area contributed by atoms with Crippen LogP contribution >= 0.6 is 11.3 Å². The van der Waals surface area contributed by atoms with Gasteiger partial charge in [0.1, 0.15) is 11.5 Å². The summed E-state index contributed by atoms with van der Waals surface area (Å²) in [6, 6.07) is 17.6. The molecule has 1 atom stereocenters. The normalized spacial score (nSPS) is 15.8. The topological polar surface area (TPSA) is 71.6 Å². The number of nitrogens with zero attached hydrogens (tertiary/aromatic N) is 4. The van der Waals surface area contributed by atoms with Gasteiger partial charge in [-0.2, -0.15) is 5.10 Å². The first kappa shape index (κ1) is 21.2. The van der Waals surface area contributed by atoms with E-state index < -0.39 is 0 Å². The first-order chi connectivity index (χ1) is 16.1. The third-order valence-corrected chi connectivity index (χ3v) is 6.72. The average Bonchev–Trinajstić information content (AvgIpc) is 3.63. The van der Waals surface area contributed by atoms with E-state index in [4.69, 9.17) is 9.52 Å². The van der Waals surface area contributed by atoms with Gasteiger partial charge in [0.25, 0.3) is 0 Å². The lowest BCUT2D eigenvalue weighted by molar-refractivity contribution is -0.135. The molecule has 1 aromatic carbocycles. The monoisotopic (exact) mass is 460 g/mol. The molecule has 0 radical (unpaired) electrons. The molecule has 4 aromatic rings. The van der Waals surface area contributed by atoms with E-state index >= 15 is 0 Å². The van der Waals surface area contributed by atoms with Gasteiger partial charge < -0.3 is 14.2 Å². The van der Waals surface area contributed by atoms with E-state index in [-0.39, 0.29) is 24.2 Å². The molecule has 7 nitrogen and oxygen atoms in total. The number of hydrogen-bond donors (Lipinski definition) is 0. The van der Waals surface area contributed by atoms with Crippen LogP contribution in [0.5, 0.6) is 0 Å². The summed E-state index contributed by atoms with van der Waals surface area (Å²) in [5, 5.41) is 6.84. The van der Waals surface area contributed by atoms with Crippen molar-refractivity contribution in [1.82, 2.24) is 19.6 Å². The summed E-state index contributed by atoms with van der Waals surface area (Å²) in [7, 11) is 1.79. The Bertz CT molecular complexity index is 1230. The molecular weight excluding hydrogens is 436 g/mol. The Labute approximate surface area is 195 Å². The molecule has 8 heteroatoms. The van der Waals surface area contributed by atoms with Crippen LogP contribution in [0.25, 0.3) is 16.3 Å². The Morgan fingerprint density at radius 3 is 2.76 bits per heavy atom. The van der Waals surface area contributed by atoms with Crippen LogP contribution in [0.4, 0.5) is 0 Å². The zero-order valence-corrected chi connectivity index (χ0v) is 19.1. The molecular formula is C25H24N4O3S. The van der Waals surface area contributed by atoms with Gasteiger partial charge in [-0.05, 0) is 35.7 Å². The Hall–Kier alpha value is -3.65. The van der Waals surface area contributed by atoms with Crippen LogP contribution in [0.1, 0.15) is 17.7 Å². The largest absolute Gasteiger partial charge is 0.467 e. The van der Waals surface area contributed by atoms with Gasteiger partial charge in [-0.1, -0.05) is 24.3 Å². The molecule has 0 bridgehead atoms. The van der Waals surface area contributed by atoms with E-state index in [1.54, 1.807) is 40.5 Å². The highest BCUT2D eigenvalue weighted by Gasteiger charge is 2.36. The van der Waals surface area contributed by atoms with Crippen LogP contribution in [0, 0.1) is 5.92 Å². The molecule has 4 heterocycles. The van der Waals surface area contributed by atoms with Crippen LogP contribution < -0.4 is 0 Å². The third-order valence-electron chi connectivity index (χ3n) is 5.84. The molecule has 0 N–H and O–H groups in total. The van der Waals surface area contributed by atoms with Crippen molar-refractivity contribution in [1.29, 1.82) is 0 Å². The van der Waals surface area contributed by atoms with Crippen LogP contribution in [0.15, 0.2) is 76.9 Å². The van der Waals surface area contributed by atoms with E-state index in [0.29, 0.717) is 19.6 Å². The molecule has 33 heavy (non-hydrogen) atoms. The summed E-state index contributed by atoms with van der Waals surface area (Å²) in [6.07, 6.45) is 3.80. The average molecular weight is 461 g/mol. The highest BCUT2D eigenvalue weighted by molar-refractivity contribution is 7.13. The number of para-hydroxylation sites is 1. The highest BCUT2D eigenvalue weighted by atomic mass is 32.1. The first-order valence-corrected chi connectivity index (χ1v) is 11.7. The second-order valence-electron chi connectivity index (χ2n) is 8.21. The fraction of sp³-hybridized carbons (Fsp3) is 0.240. The van der Waals surface area contributed by atoms with Crippen molar-refractivity contribution in [3.63, 3.8) is 0 Å². The van der Waals surface area contributed by atoms with Crippen LogP contribution in [-0.4, -0.2) is 45.0 Å². The molecule has 2 amide bonds. The Morgan fingerprint density at radius 2 is 2.03 bits per heavy atom. The van der Waals surface area contributed by atoms with Gasteiger partial charge >= 0.3 is 0 Å². The lowest BCUT2D eigenvalue weighted by Gasteiger charge is -2.21. The third kappa shape index (κ3) is 4.47. The molecule has 1 unspecified atom stereocenters. The maximum absolute atomic E-state index is 13.2. The summed E-state index contributed by atoms with van der Waals surface area (Å²) in [5.41, 5.74) is 2.80. The standard InChI is InChI=1S/C25H24N4O3S/c1-27(25(31)18-13-23(30)28(15-18)17-21-9-5-11-32-21)14-19-16-29(20-7-3-2-4-8-20)26-24(19)22-10-6-12-33-22/h2-12,16,18H,13-15,17H2,1H3. The zero-order chi connectivity index (χ0) is 22.8. The minimum absolute atomic E-state index is 0.0191. The summed E-state index contributed by atoms with van der Waals surface area (Å²) in [5.74, 6) is 0.315. The van der Waals surface area contributed by atoms with Gasteiger partial charge in [0.15, 0.2) is 0 Å². The van der Waals surface area contributed by atoms with Crippen molar-refractivity contribution >= 4 is 23.2 Å². The smallest absolute Gasteiger partial charge is 0.228 e. The molecule has 0 aliphatic carbocycles. The van der Waals surface area contributed by atoms with Crippen molar-refractivity contribution in [2.24, 2.45) is 5.92 Å². The lowest BCUT2D eigenvalue weighted by Crippen LogP contribution is -2.34. The number of likely N-dealkylation sites (tertiary alicyclic amines) is 1. The van der Waals surface area contributed by atoms with E-state index in [0.717, 1.165) is 27.6 Å². The molecule has 168 valence electrons. The quantitative estimate of drug-likeness (QED) is 0.414. The SMILES string of the molecule is CN(Cc1cn(-c2ccccc2)nc1-c1cccs1)C(=O)C1CC(=O)N(Cc2ccco2)C1. The van der Waals surface area contributed by atoms with E-state index in [2.05, 4.69) is 0 Å². The van der Waals surface area contributed by atoms with E-state index in [1.165, 1.54) is 0 Å². The predicted octanol–water partition coefficient (Wildman–Crippen LogP) is 4.20. The Balaban J connectivity index is 1.33. The van der Waals surface area contributed by atoms with Gasteiger partial charge in [-0.25, -0.2) is 4.68 Å². The zero-order valence-electron chi connectivity index (χ0n) is 18.3. The van der Waals surface area contributed by atoms with Crippen LogP contribution in [0.2, 0.25) is 0 Å². The number of furan rings is 1. The van der Waals surface area contributed by atoms with Crippen molar-refractivity contribution < 1.29 is 14.0 Å². The van der Waals surface area contributed by atoms with Gasteiger partial charge in [0.2, 0.25) is 11.8 Å². The number of aromatic nitrogens is 2. The second-order valence-corrected chi connectivity index (χ2v) is 9.16. The molecule has 1 fully saturated rings. The van der Waals surface area contributed by atoms with Crippen LogP contribution in [0.3, 0.4) is 0 Å². The summed E-state index contributed by atoms with van der Waals surface area (Å²) < 4.78 is 7.21. The molecule has 1 aliphatic rings. The van der Waals surface area contributed by atoms with Crippen molar-refractivity contribution in [2.75, 3.05) is 13.6 Å². The predicted molar refractivity (Wildman–Crippen MR) is 126 cm³/mol. The minimum atomic E-state index is -0.355. The van der Waals surface area contributed by atoms with Crippen molar-refractivity contribution in [2.45, 2.75) is 19.5 Å². The minimum Gasteiger partial charge on any atom is -0.467 e. The van der Waals surface area contributed by atoms with E-state index in [1.807, 2.05) is 64.8 Å². The lowest BCUT2D eigenvalue weighted by atomic mass is 10.1. The number of carbonyl (C=O) groups is 2. The van der Waals surface area contributed by atoms with Gasteiger partial charge in [0, 0.05) is 38.3 Å². The van der Waals surface area contributed by atoms with Crippen molar-refractivity contribution in [3.05, 3.63) is 83.8 Å². The summed E-state index contributed by atoms with van der Waals surface area (Å²) in [6.45, 7) is 1.22. The molecule has 0 saturated carbocycles. The number of carbonyl (C=O) groups excluding carboxylic acids is 2. The summed E-state index contributed by atoms with van der Waals surface area (Å²) >= 11 is 1.62. The molecule has 1 saturated heterocycles. The maximum Gasteiger partial charge on any atom is 0.228 e. The Kier molecular flexibility index (Phi) is 5.83. The number of hydrogen-bond acceptors (Lipinski definition) is 5. The molecule has 0 spiro atoms. The maximum atomic E-state index is 13.2. The van der Waals surface area contributed by atoms with Crippen LogP contribution in [-0.2, 0) is 22.7 Å². The van der Waals surface area contributed by atoms with Gasteiger partial charge in [-0.15, -0.1) is 11.3 Å². The number of thiophene rings is 1.